The lowest BCUT2D eigenvalue weighted by molar-refractivity contribution is 0.0694. The van der Waals surface area contributed by atoms with Crippen LogP contribution in [-0.4, -0.2) is 74.3 Å². The van der Waals surface area contributed by atoms with Crippen molar-refractivity contribution in [3.63, 3.8) is 0 Å². The summed E-state index contributed by atoms with van der Waals surface area (Å²) in [5.74, 6) is 0.864. The van der Waals surface area contributed by atoms with E-state index >= 15 is 0 Å². The summed E-state index contributed by atoms with van der Waals surface area (Å²) < 4.78 is 13.0. The van der Waals surface area contributed by atoms with E-state index in [0.29, 0.717) is 18.1 Å². The minimum Gasteiger partial charge on any atom is -0.494 e. The number of nitrogens with zero attached hydrogens (tertiary/aromatic N) is 3. The number of aromatic carboxylic acids is 1. The van der Waals surface area contributed by atoms with Crippen LogP contribution in [0.15, 0.2) is 71.2 Å². The number of hydrogen-bond acceptors (Lipinski definition) is 6. The van der Waals surface area contributed by atoms with Gasteiger partial charge in [0.2, 0.25) is 0 Å². The van der Waals surface area contributed by atoms with E-state index in [-0.39, 0.29) is 5.56 Å². The van der Waals surface area contributed by atoms with Gasteiger partial charge in [-0.1, -0.05) is 34.1 Å². The number of carboxylic acids is 1. The van der Waals surface area contributed by atoms with Crippen LogP contribution in [0.3, 0.4) is 0 Å². The Morgan fingerprint density at radius 1 is 0.973 bits per heavy atom. The second-order valence-corrected chi connectivity index (χ2v) is 10.3. The first kappa shape index (κ1) is 27.0. The molecule has 1 aliphatic heterocycles. The van der Waals surface area contributed by atoms with Gasteiger partial charge in [-0.05, 0) is 68.5 Å². The molecule has 1 aliphatic rings. The topological polar surface area (TPSA) is 65.5 Å². The Hall–Kier alpha value is -3.07. The largest absolute Gasteiger partial charge is 0.494 e. The highest BCUT2D eigenvalue weighted by atomic mass is 79.9. The summed E-state index contributed by atoms with van der Waals surface area (Å²) in [6, 6.07) is 20.8. The van der Waals surface area contributed by atoms with E-state index in [9.17, 15) is 9.90 Å². The van der Waals surface area contributed by atoms with Gasteiger partial charge in [-0.3, -0.25) is 4.90 Å². The number of rotatable bonds is 11. The second-order valence-electron chi connectivity index (χ2n) is 9.42. The Morgan fingerprint density at radius 2 is 1.73 bits per heavy atom. The summed E-state index contributed by atoms with van der Waals surface area (Å²) in [6.07, 6.45) is 0.992. The monoisotopic (exact) mass is 567 g/mol. The molecule has 0 saturated carbocycles. The van der Waals surface area contributed by atoms with Gasteiger partial charge in [0.15, 0.2) is 0 Å². The summed E-state index contributed by atoms with van der Waals surface area (Å²) in [7, 11) is 4.14. The molecule has 0 aromatic heterocycles. The third kappa shape index (κ3) is 7.71. The highest BCUT2D eigenvalue weighted by Crippen LogP contribution is 2.31. The summed E-state index contributed by atoms with van der Waals surface area (Å²) in [6.45, 7) is 6.03. The number of anilines is 1. The van der Waals surface area contributed by atoms with E-state index in [2.05, 4.69) is 56.9 Å². The zero-order chi connectivity index (χ0) is 26.2. The fraction of sp³-hybridized carbons (Fsp3) is 0.345. The van der Waals surface area contributed by atoms with Crippen molar-refractivity contribution in [1.29, 1.82) is 0 Å². The van der Waals surface area contributed by atoms with Crippen LogP contribution in [0.5, 0.6) is 17.2 Å². The number of ether oxygens (including phenoxy) is 2. The first-order chi connectivity index (χ1) is 17.9. The fourth-order valence-electron chi connectivity index (χ4n) is 4.32. The Morgan fingerprint density at radius 3 is 2.43 bits per heavy atom. The average Bonchev–Trinajstić information content (AvgIpc) is 2.89. The van der Waals surface area contributed by atoms with Gasteiger partial charge in [-0.2, -0.15) is 0 Å². The van der Waals surface area contributed by atoms with Gasteiger partial charge in [-0.15, -0.1) is 0 Å². The molecule has 7 nitrogen and oxygen atoms in total. The zero-order valence-electron chi connectivity index (χ0n) is 21.4. The Labute approximate surface area is 227 Å². The SMILES string of the molecule is CN(C)CCCOc1ccc(Br)c(CN2CCN(c3ccc(C(=O)O)c(Oc4ccccc4)c3)CC2)c1. The molecule has 0 aliphatic carbocycles. The number of hydrogen-bond donors (Lipinski definition) is 1. The quantitative estimate of drug-likeness (QED) is 0.303. The predicted octanol–water partition coefficient (Wildman–Crippen LogP) is 5.59. The minimum absolute atomic E-state index is 0.153. The van der Waals surface area contributed by atoms with Crippen LogP contribution in [-0.2, 0) is 6.54 Å². The number of piperazine rings is 1. The van der Waals surface area contributed by atoms with Gasteiger partial charge in [0.25, 0.3) is 0 Å². The highest BCUT2D eigenvalue weighted by Gasteiger charge is 2.21. The van der Waals surface area contributed by atoms with E-state index < -0.39 is 5.97 Å². The van der Waals surface area contributed by atoms with Crippen molar-refractivity contribution in [2.45, 2.75) is 13.0 Å². The highest BCUT2D eigenvalue weighted by molar-refractivity contribution is 9.10. The number of para-hydroxylation sites is 1. The van der Waals surface area contributed by atoms with Gasteiger partial charge >= 0.3 is 5.97 Å². The lowest BCUT2D eigenvalue weighted by atomic mass is 10.1. The Kier molecular flexibility index (Phi) is 9.44. The Balaban J connectivity index is 1.36. The molecule has 8 heteroatoms. The van der Waals surface area contributed by atoms with Gasteiger partial charge in [0, 0.05) is 55.5 Å². The van der Waals surface area contributed by atoms with E-state index in [1.807, 2.05) is 48.5 Å². The van der Waals surface area contributed by atoms with Crippen molar-refractivity contribution in [2.24, 2.45) is 0 Å². The molecule has 0 bridgehead atoms. The van der Waals surface area contributed by atoms with Crippen molar-refractivity contribution in [3.8, 4) is 17.2 Å². The smallest absolute Gasteiger partial charge is 0.339 e. The molecule has 3 aromatic carbocycles. The van der Waals surface area contributed by atoms with Crippen molar-refractivity contribution >= 4 is 27.6 Å². The maximum Gasteiger partial charge on any atom is 0.339 e. The zero-order valence-corrected chi connectivity index (χ0v) is 23.0. The molecule has 1 N–H and O–H groups in total. The predicted molar refractivity (Wildman–Crippen MR) is 150 cm³/mol. The van der Waals surface area contributed by atoms with Gasteiger partial charge in [-0.25, -0.2) is 4.79 Å². The molecule has 1 fully saturated rings. The molecular formula is C29H34BrN3O4. The van der Waals surface area contributed by atoms with Crippen LogP contribution in [0.4, 0.5) is 5.69 Å². The van der Waals surface area contributed by atoms with Crippen LogP contribution in [0.25, 0.3) is 0 Å². The van der Waals surface area contributed by atoms with Crippen LogP contribution in [0, 0.1) is 0 Å². The first-order valence-electron chi connectivity index (χ1n) is 12.5. The summed E-state index contributed by atoms with van der Waals surface area (Å²) in [5.41, 5.74) is 2.33. The summed E-state index contributed by atoms with van der Waals surface area (Å²) >= 11 is 3.70. The molecule has 196 valence electrons. The lowest BCUT2D eigenvalue weighted by Crippen LogP contribution is -2.46. The molecule has 1 saturated heterocycles. The molecule has 0 unspecified atom stereocenters. The van der Waals surface area contributed by atoms with E-state index in [4.69, 9.17) is 9.47 Å². The number of halogens is 1. The van der Waals surface area contributed by atoms with Gasteiger partial charge < -0.3 is 24.4 Å². The van der Waals surface area contributed by atoms with E-state index in [1.165, 1.54) is 5.56 Å². The molecule has 1 heterocycles. The molecule has 4 rings (SSSR count). The van der Waals surface area contributed by atoms with Crippen molar-refractivity contribution < 1.29 is 19.4 Å². The number of carboxylic acid groups (broad SMARTS) is 1. The Bertz CT molecular complexity index is 1180. The molecule has 0 radical (unpaired) electrons. The third-order valence-electron chi connectivity index (χ3n) is 6.33. The maximum absolute atomic E-state index is 11.8. The normalized spacial score (nSPS) is 14.1. The number of benzene rings is 3. The van der Waals surface area contributed by atoms with Gasteiger partial charge in [0.1, 0.15) is 22.8 Å². The van der Waals surface area contributed by atoms with Gasteiger partial charge in [0.05, 0.1) is 6.61 Å². The molecule has 0 amide bonds. The number of carbonyl (C=O) groups is 1. The second kappa shape index (κ2) is 12.9. The molecule has 3 aromatic rings. The first-order valence-corrected chi connectivity index (χ1v) is 13.3. The van der Waals surface area contributed by atoms with E-state index in [0.717, 1.165) is 61.6 Å². The molecule has 0 atom stereocenters. The van der Waals surface area contributed by atoms with Crippen LogP contribution < -0.4 is 14.4 Å². The summed E-state index contributed by atoms with van der Waals surface area (Å²) in [5, 5.41) is 9.63. The van der Waals surface area contributed by atoms with Crippen LogP contribution in [0.1, 0.15) is 22.3 Å². The average molecular weight is 569 g/mol. The van der Waals surface area contributed by atoms with Crippen molar-refractivity contribution in [2.75, 3.05) is 58.3 Å². The maximum atomic E-state index is 11.8. The molecule has 37 heavy (non-hydrogen) atoms. The fourth-order valence-corrected chi connectivity index (χ4v) is 4.69. The molecule has 0 spiro atoms. The summed E-state index contributed by atoms with van der Waals surface area (Å²) in [4.78, 5) is 18.6. The van der Waals surface area contributed by atoms with Crippen molar-refractivity contribution in [3.05, 3.63) is 82.3 Å². The van der Waals surface area contributed by atoms with E-state index in [1.54, 1.807) is 6.07 Å². The standard InChI is InChI=1S/C29H34BrN3O4/c1-31(2)13-6-18-36-25-10-12-27(30)22(19-25)21-32-14-16-33(17-15-32)23-9-11-26(29(34)35)28(20-23)37-24-7-4-3-5-8-24/h3-5,7-12,19-20H,6,13-18,21H2,1-2H3,(H,34,35). The molecular weight excluding hydrogens is 534 g/mol. The lowest BCUT2D eigenvalue weighted by Gasteiger charge is -2.36. The third-order valence-corrected chi connectivity index (χ3v) is 7.11. The van der Waals surface area contributed by atoms with Crippen LogP contribution >= 0.6 is 15.9 Å². The van der Waals surface area contributed by atoms with Crippen LogP contribution in [0.2, 0.25) is 0 Å². The van der Waals surface area contributed by atoms with Crippen molar-refractivity contribution in [1.82, 2.24) is 9.80 Å². The minimum atomic E-state index is -1.00.